The SMILES string of the molecule is CCOc1ccc(N2CC(C(=O)Nc3ccccc3O)CC2=O)cc1. The normalized spacial score (nSPS) is 16.8. The number of nitrogens with one attached hydrogen (secondary N) is 1. The van der Waals surface area contributed by atoms with Crippen LogP contribution < -0.4 is 15.0 Å². The molecule has 2 aromatic rings. The maximum Gasteiger partial charge on any atom is 0.229 e. The third-order valence-corrected chi connectivity index (χ3v) is 4.12. The fourth-order valence-corrected chi connectivity index (χ4v) is 2.84. The topological polar surface area (TPSA) is 78.9 Å². The average molecular weight is 340 g/mol. The molecule has 130 valence electrons. The number of para-hydroxylation sites is 2. The Morgan fingerprint density at radius 3 is 2.64 bits per heavy atom. The molecule has 0 saturated carbocycles. The number of hydrogen-bond acceptors (Lipinski definition) is 4. The molecular weight excluding hydrogens is 320 g/mol. The van der Waals surface area contributed by atoms with Crippen LogP contribution in [0.5, 0.6) is 11.5 Å². The van der Waals surface area contributed by atoms with E-state index in [0.29, 0.717) is 18.8 Å². The lowest BCUT2D eigenvalue weighted by Crippen LogP contribution is -2.28. The van der Waals surface area contributed by atoms with Crippen molar-refractivity contribution in [1.82, 2.24) is 0 Å². The summed E-state index contributed by atoms with van der Waals surface area (Å²) >= 11 is 0. The van der Waals surface area contributed by atoms with Crippen LogP contribution in [-0.4, -0.2) is 30.1 Å². The highest BCUT2D eigenvalue weighted by atomic mass is 16.5. The fourth-order valence-electron chi connectivity index (χ4n) is 2.84. The van der Waals surface area contributed by atoms with Crippen molar-refractivity contribution in [2.45, 2.75) is 13.3 Å². The minimum atomic E-state index is -0.460. The van der Waals surface area contributed by atoms with Gasteiger partial charge in [0.25, 0.3) is 0 Å². The van der Waals surface area contributed by atoms with Crippen LogP contribution in [0.3, 0.4) is 0 Å². The number of hydrogen-bond donors (Lipinski definition) is 2. The van der Waals surface area contributed by atoms with E-state index in [1.54, 1.807) is 23.1 Å². The van der Waals surface area contributed by atoms with Crippen molar-refractivity contribution in [3.05, 3.63) is 48.5 Å². The first-order valence-electron chi connectivity index (χ1n) is 8.20. The number of amides is 2. The quantitative estimate of drug-likeness (QED) is 0.821. The lowest BCUT2D eigenvalue weighted by atomic mass is 10.1. The molecule has 0 aromatic heterocycles. The Morgan fingerprint density at radius 2 is 1.96 bits per heavy atom. The van der Waals surface area contributed by atoms with Crippen LogP contribution in [0.4, 0.5) is 11.4 Å². The summed E-state index contributed by atoms with van der Waals surface area (Å²) in [4.78, 5) is 26.3. The Labute approximate surface area is 146 Å². The smallest absolute Gasteiger partial charge is 0.229 e. The van der Waals surface area contributed by atoms with E-state index < -0.39 is 5.92 Å². The van der Waals surface area contributed by atoms with Crippen molar-refractivity contribution >= 4 is 23.2 Å². The number of benzene rings is 2. The third-order valence-electron chi connectivity index (χ3n) is 4.12. The van der Waals surface area contributed by atoms with Gasteiger partial charge >= 0.3 is 0 Å². The Hall–Kier alpha value is -3.02. The second-order valence-electron chi connectivity index (χ2n) is 5.84. The van der Waals surface area contributed by atoms with E-state index >= 15 is 0 Å². The Morgan fingerprint density at radius 1 is 1.24 bits per heavy atom. The summed E-state index contributed by atoms with van der Waals surface area (Å²) in [7, 11) is 0. The zero-order chi connectivity index (χ0) is 17.8. The highest BCUT2D eigenvalue weighted by Gasteiger charge is 2.35. The summed E-state index contributed by atoms with van der Waals surface area (Å²) in [5, 5.41) is 12.4. The molecule has 6 heteroatoms. The number of aromatic hydroxyl groups is 1. The molecule has 1 aliphatic heterocycles. The molecule has 1 atom stereocenters. The Kier molecular flexibility index (Phi) is 4.88. The predicted molar refractivity (Wildman–Crippen MR) is 94.8 cm³/mol. The van der Waals surface area contributed by atoms with E-state index in [9.17, 15) is 14.7 Å². The molecule has 2 amide bonds. The number of carbonyl (C=O) groups excluding carboxylic acids is 2. The molecule has 1 aliphatic rings. The van der Waals surface area contributed by atoms with Crippen LogP contribution in [0.15, 0.2) is 48.5 Å². The van der Waals surface area contributed by atoms with Crippen molar-refractivity contribution in [2.75, 3.05) is 23.4 Å². The van der Waals surface area contributed by atoms with Gasteiger partial charge in [0.1, 0.15) is 11.5 Å². The molecule has 3 rings (SSSR count). The number of ether oxygens (including phenoxy) is 1. The van der Waals surface area contributed by atoms with Crippen molar-refractivity contribution in [2.24, 2.45) is 5.92 Å². The van der Waals surface area contributed by atoms with Gasteiger partial charge in [-0.2, -0.15) is 0 Å². The predicted octanol–water partition coefficient (Wildman–Crippen LogP) is 2.78. The molecule has 1 unspecified atom stereocenters. The van der Waals surface area contributed by atoms with Gasteiger partial charge in [0.15, 0.2) is 0 Å². The molecule has 25 heavy (non-hydrogen) atoms. The zero-order valence-corrected chi connectivity index (χ0v) is 13.9. The number of anilines is 2. The molecule has 1 fully saturated rings. The van der Waals surface area contributed by atoms with Crippen LogP contribution in [-0.2, 0) is 9.59 Å². The first-order chi connectivity index (χ1) is 12.1. The number of rotatable bonds is 5. The van der Waals surface area contributed by atoms with Gasteiger partial charge in [0.2, 0.25) is 11.8 Å². The number of phenolic OH excluding ortho intramolecular Hbond substituents is 1. The zero-order valence-electron chi connectivity index (χ0n) is 13.9. The van der Waals surface area contributed by atoms with Gasteiger partial charge in [-0.25, -0.2) is 0 Å². The molecule has 2 aromatic carbocycles. The maximum atomic E-state index is 12.4. The third kappa shape index (κ3) is 3.74. The molecule has 1 heterocycles. The van der Waals surface area contributed by atoms with E-state index in [2.05, 4.69) is 5.32 Å². The number of carbonyl (C=O) groups is 2. The monoisotopic (exact) mass is 340 g/mol. The standard InChI is InChI=1S/C19H20N2O4/c1-2-25-15-9-7-14(8-10-15)21-12-13(11-18(21)23)19(24)20-16-5-3-4-6-17(16)22/h3-10,13,22H,2,11-12H2,1H3,(H,20,24). The summed E-state index contributed by atoms with van der Waals surface area (Å²) < 4.78 is 5.40. The van der Waals surface area contributed by atoms with Crippen LogP contribution >= 0.6 is 0 Å². The van der Waals surface area contributed by atoms with Crippen LogP contribution in [0, 0.1) is 5.92 Å². The van der Waals surface area contributed by atoms with Gasteiger partial charge in [-0.1, -0.05) is 12.1 Å². The Bertz CT molecular complexity index is 773. The second-order valence-corrected chi connectivity index (χ2v) is 5.84. The van der Waals surface area contributed by atoms with E-state index in [-0.39, 0.29) is 24.0 Å². The summed E-state index contributed by atoms with van der Waals surface area (Å²) in [6.45, 7) is 2.80. The van der Waals surface area contributed by atoms with Crippen molar-refractivity contribution in [3.8, 4) is 11.5 Å². The number of nitrogens with zero attached hydrogens (tertiary/aromatic N) is 1. The van der Waals surface area contributed by atoms with Crippen LogP contribution in [0.2, 0.25) is 0 Å². The van der Waals surface area contributed by atoms with Crippen molar-refractivity contribution in [1.29, 1.82) is 0 Å². The largest absolute Gasteiger partial charge is 0.506 e. The van der Waals surface area contributed by atoms with Gasteiger partial charge in [0.05, 0.1) is 18.2 Å². The van der Waals surface area contributed by atoms with E-state index in [0.717, 1.165) is 11.4 Å². The molecule has 0 radical (unpaired) electrons. The van der Waals surface area contributed by atoms with Crippen LogP contribution in [0.25, 0.3) is 0 Å². The summed E-state index contributed by atoms with van der Waals surface area (Å²) in [6.07, 6.45) is 0.145. The highest BCUT2D eigenvalue weighted by Crippen LogP contribution is 2.29. The molecule has 1 saturated heterocycles. The lowest BCUT2D eigenvalue weighted by molar-refractivity contribution is -0.122. The summed E-state index contributed by atoms with van der Waals surface area (Å²) in [6, 6.07) is 13.8. The fraction of sp³-hybridized carbons (Fsp3) is 0.263. The molecule has 6 nitrogen and oxygen atoms in total. The van der Waals surface area contributed by atoms with Gasteiger partial charge < -0.3 is 20.1 Å². The molecule has 0 spiro atoms. The molecule has 2 N–H and O–H groups in total. The average Bonchev–Trinajstić information content (AvgIpc) is 3.00. The lowest BCUT2D eigenvalue weighted by Gasteiger charge is -2.17. The van der Waals surface area contributed by atoms with Gasteiger partial charge in [-0.3, -0.25) is 9.59 Å². The van der Waals surface area contributed by atoms with Crippen molar-refractivity contribution in [3.63, 3.8) is 0 Å². The minimum absolute atomic E-state index is 0.00328. The number of phenols is 1. The van der Waals surface area contributed by atoms with E-state index in [1.165, 1.54) is 6.07 Å². The van der Waals surface area contributed by atoms with Gasteiger partial charge in [-0.15, -0.1) is 0 Å². The molecule has 0 aliphatic carbocycles. The highest BCUT2D eigenvalue weighted by molar-refractivity contribution is 6.03. The Balaban J connectivity index is 1.67. The summed E-state index contributed by atoms with van der Waals surface area (Å²) in [5.41, 5.74) is 1.09. The first kappa shape index (κ1) is 16.8. The maximum absolute atomic E-state index is 12.4. The van der Waals surface area contributed by atoms with Gasteiger partial charge in [-0.05, 0) is 43.3 Å². The second kappa shape index (κ2) is 7.25. The van der Waals surface area contributed by atoms with Crippen molar-refractivity contribution < 1.29 is 19.4 Å². The van der Waals surface area contributed by atoms with Crippen LogP contribution in [0.1, 0.15) is 13.3 Å². The first-order valence-corrected chi connectivity index (χ1v) is 8.20. The minimum Gasteiger partial charge on any atom is -0.506 e. The summed E-state index contributed by atoms with van der Waals surface area (Å²) in [5.74, 6) is -0.0844. The molecule has 0 bridgehead atoms. The molecular formula is C19H20N2O4. The van der Waals surface area contributed by atoms with Gasteiger partial charge in [0, 0.05) is 18.7 Å². The van der Waals surface area contributed by atoms with E-state index in [4.69, 9.17) is 4.74 Å². The van der Waals surface area contributed by atoms with E-state index in [1.807, 2.05) is 31.2 Å².